The van der Waals surface area contributed by atoms with Gasteiger partial charge < -0.3 is 15.6 Å². The maximum atomic E-state index is 11.8. The van der Waals surface area contributed by atoms with E-state index in [0.29, 0.717) is 12.4 Å². The van der Waals surface area contributed by atoms with Gasteiger partial charge in [-0.3, -0.25) is 4.79 Å². The lowest BCUT2D eigenvalue weighted by Crippen LogP contribution is -2.36. The van der Waals surface area contributed by atoms with E-state index >= 15 is 0 Å². The SMILES string of the molecule is Cn1ccnc(NCC2(CN)CCCC2)c1=O. The summed E-state index contributed by atoms with van der Waals surface area (Å²) in [4.78, 5) is 15.9. The number of aryl methyl sites for hydroxylation is 1. The first kappa shape index (κ1) is 12.1. The Morgan fingerprint density at radius 1 is 1.53 bits per heavy atom. The third kappa shape index (κ3) is 2.49. The summed E-state index contributed by atoms with van der Waals surface area (Å²) in [5.41, 5.74) is 5.93. The van der Waals surface area contributed by atoms with Crippen molar-refractivity contribution in [2.75, 3.05) is 18.4 Å². The highest BCUT2D eigenvalue weighted by Crippen LogP contribution is 2.36. The number of hydrogen-bond donors (Lipinski definition) is 2. The number of rotatable bonds is 4. The van der Waals surface area contributed by atoms with Crippen LogP contribution in [-0.2, 0) is 7.05 Å². The Balaban J connectivity index is 2.07. The zero-order valence-electron chi connectivity index (χ0n) is 10.3. The van der Waals surface area contributed by atoms with Gasteiger partial charge in [0.25, 0.3) is 5.56 Å². The molecule has 1 aromatic heterocycles. The minimum absolute atomic E-state index is 0.0855. The molecule has 3 N–H and O–H groups in total. The molecule has 0 radical (unpaired) electrons. The smallest absolute Gasteiger partial charge is 0.293 e. The van der Waals surface area contributed by atoms with Gasteiger partial charge in [-0.25, -0.2) is 4.98 Å². The van der Waals surface area contributed by atoms with Crippen LogP contribution in [0.4, 0.5) is 5.82 Å². The summed E-state index contributed by atoms with van der Waals surface area (Å²) in [5, 5.41) is 3.16. The summed E-state index contributed by atoms with van der Waals surface area (Å²) in [6.45, 7) is 1.42. The Hall–Kier alpha value is -1.36. The van der Waals surface area contributed by atoms with Crippen LogP contribution in [0.3, 0.4) is 0 Å². The summed E-state index contributed by atoms with van der Waals surface area (Å²) in [5.74, 6) is 0.426. The highest BCUT2D eigenvalue weighted by Gasteiger charge is 2.32. The molecule has 94 valence electrons. The van der Waals surface area contributed by atoms with Crippen LogP contribution in [0.15, 0.2) is 17.2 Å². The van der Waals surface area contributed by atoms with Crippen molar-refractivity contribution in [2.24, 2.45) is 18.2 Å². The lowest BCUT2D eigenvalue weighted by molar-refractivity contribution is 0.331. The average Bonchev–Trinajstić information content (AvgIpc) is 2.81. The minimum atomic E-state index is -0.0855. The maximum Gasteiger partial charge on any atom is 0.293 e. The zero-order valence-corrected chi connectivity index (χ0v) is 10.3. The maximum absolute atomic E-state index is 11.8. The van der Waals surface area contributed by atoms with Crippen molar-refractivity contribution in [1.82, 2.24) is 9.55 Å². The van der Waals surface area contributed by atoms with Crippen LogP contribution in [-0.4, -0.2) is 22.6 Å². The number of nitrogens with one attached hydrogen (secondary N) is 1. The van der Waals surface area contributed by atoms with E-state index in [1.165, 1.54) is 17.4 Å². The molecule has 5 heteroatoms. The molecule has 0 bridgehead atoms. The third-order valence-corrected chi connectivity index (χ3v) is 3.74. The van der Waals surface area contributed by atoms with Crippen LogP contribution < -0.4 is 16.6 Å². The van der Waals surface area contributed by atoms with Crippen LogP contribution >= 0.6 is 0 Å². The first-order valence-corrected chi connectivity index (χ1v) is 6.12. The largest absolute Gasteiger partial charge is 0.365 e. The van der Waals surface area contributed by atoms with E-state index in [0.717, 1.165) is 19.4 Å². The highest BCUT2D eigenvalue weighted by atomic mass is 16.1. The molecule has 0 saturated heterocycles. The lowest BCUT2D eigenvalue weighted by atomic mass is 9.86. The third-order valence-electron chi connectivity index (χ3n) is 3.74. The monoisotopic (exact) mass is 236 g/mol. The molecule has 17 heavy (non-hydrogen) atoms. The molecule has 5 nitrogen and oxygen atoms in total. The van der Waals surface area contributed by atoms with Gasteiger partial charge in [0.1, 0.15) is 0 Å². The molecular weight excluding hydrogens is 216 g/mol. The highest BCUT2D eigenvalue weighted by molar-refractivity contribution is 5.31. The molecule has 1 aromatic rings. The summed E-state index contributed by atoms with van der Waals surface area (Å²) in [6.07, 6.45) is 8.04. The van der Waals surface area contributed by atoms with E-state index in [4.69, 9.17) is 5.73 Å². The predicted octanol–water partition coefficient (Wildman–Crippen LogP) is 0.711. The fourth-order valence-electron chi connectivity index (χ4n) is 2.47. The Bertz CT molecular complexity index is 434. The Morgan fingerprint density at radius 3 is 2.88 bits per heavy atom. The van der Waals surface area contributed by atoms with Crippen molar-refractivity contribution in [1.29, 1.82) is 0 Å². The molecule has 0 amide bonds. The van der Waals surface area contributed by atoms with Gasteiger partial charge in [-0.2, -0.15) is 0 Å². The Morgan fingerprint density at radius 2 is 2.24 bits per heavy atom. The van der Waals surface area contributed by atoms with Crippen LogP contribution in [0.2, 0.25) is 0 Å². The Kier molecular flexibility index (Phi) is 3.47. The van der Waals surface area contributed by atoms with Gasteiger partial charge in [-0.1, -0.05) is 12.8 Å². The van der Waals surface area contributed by atoms with Gasteiger partial charge in [0.2, 0.25) is 0 Å². The van der Waals surface area contributed by atoms with Crippen LogP contribution in [0, 0.1) is 5.41 Å². The summed E-state index contributed by atoms with van der Waals surface area (Å²) < 4.78 is 1.53. The first-order valence-electron chi connectivity index (χ1n) is 6.12. The van der Waals surface area contributed by atoms with E-state index in [1.54, 1.807) is 19.4 Å². The van der Waals surface area contributed by atoms with Crippen molar-refractivity contribution < 1.29 is 0 Å². The van der Waals surface area contributed by atoms with E-state index in [9.17, 15) is 4.79 Å². The summed E-state index contributed by atoms with van der Waals surface area (Å²) in [6, 6.07) is 0. The van der Waals surface area contributed by atoms with E-state index in [-0.39, 0.29) is 11.0 Å². The fraction of sp³-hybridized carbons (Fsp3) is 0.667. The standard InChI is InChI=1S/C12H20N4O/c1-16-7-6-14-10(11(16)17)15-9-12(8-13)4-2-3-5-12/h6-7H,2-5,8-9,13H2,1H3,(H,14,15). The molecule has 1 fully saturated rings. The van der Waals surface area contributed by atoms with Crippen molar-refractivity contribution in [2.45, 2.75) is 25.7 Å². The molecule has 1 saturated carbocycles. The molecule has 0 aliphatic heterocycles. The second-order valence-corrected chi connectivity index (χ2v) is 4.96. The van der Waals surface area contributed by atoms with Crippen molar-refractivity contribution in [3.05, 3.63) is 22.7 Å². The second kappa shape index (κ2) is 4.87. The molecule has 1 aliphatic rings. The van der Waals surface area contributed by atoms with Crippen molar-refractivity contribution in [3.63, 3.8) is 0 Å². The molecule has 2 rings (SSSR count). The van der Waals surface area contributed by atoms with Gasteiger partial charge in [0, 0.05) is 26.0 Å². The minimum Gasteiger partial charge on any atom is -0.365 e. The van der Waals surface area contributed by atoms with Gasteiger partial charge in [0.05, 0.1) is 0 Å². The van der Waals surface area contributed by atoms with Crippen LogP contribution in [0.25, 0.3) is 0 Å². The van der Waals surface area contributed by atoms with Crippen LogP contribution in [0.1, 0.15) is 25.7 Å². The number of nitrogens with zero attached hydrogens (tertiary/aromatic N) is 2. The Labute approximate surface area is 101 Å². The van der Waals surface area contributed by atoms with Crippen LogP contribution in [0.5, 0.6) is 0 Å². The zero-order chi connectivity index (χ0) is 12.3. The summed E-state index contributed by atoms with van der Waals surface area (Å²) >= 11 is 0. The normalized spacial score (nSPS) is 18.2. The lowest BCUT2D eigenvalue weighted by Gasteiger charge is -2.27. The van der Waals surface area contributed by atoms with Gasteiger partial charge in [0.15, 0.2) is 5.82 Å². The summed E-state index contributed by atoms with van der Waals surface area (Å²) in [7, 11) is 1.73. The van der Waals surface area contributed by atoms with E-state index in [1.807, 2.05) is 0 Å². The molecule has 0 aromatic carbocycles. The second-order valence-electron chi connectivity index (χ2n) is 4.96. The quantitative estimate of drug-likeness (QED) is 0.807. The molecule has 0 atom stereocenters. The number of hydrogen-bond acceptors (Lipinski definition) is 4. The number of aromatic nitrogens is 2. The first-order chi connectivity index (χ1) is 8.17. The number of nitrogens with two attached hydrogens (primary N) is 1. The van der Waals surface area contributed by atoms with Gasteiger partial charge >= 0.3 is 0 Å². The van der Waals surface area contributed by atoms with Gasteiger partial charge in [-0.15, -0.1) is 0 Å². The molecule has 1 aliphatic carbocycles. The fourth-order valence-corrected chi connectivity index (χ4v) is 2.47. The molecular formula is C12H20N4O. The molecule has 0 unspecified atom stereocenters. The van der Waals surface area contributed by atoms with E-state index < -0.39 is 0 Å². The molecule has 0 spiro atoms. The van der Waals surface area contributed by atoms with Crippen molar-refractivity contribution >= 4 is 5.82 Å². The topological polar surface area (TPSA) is 72.9 Å². The number of anilines is 1. The predicted molar refractivity (Wildman–Crippen MR) is 67.9 cm³/mol. The van der Waals surface area contributed by atoms with Crippen molar-refractivity contribution in [3.8, 4) is 0 Å². The van der Waals surface area contributed by atoms with Gasteiger partial charge in [-0.05, 0) is 24.8 Å². The van der Waals surface area contributed by atoms with E-state index in [2.05, 4.69) is 10.3 Å². The average molecular weight is 236 g/mol. The molecule has 1 heterocycles.